The van der Waals surface area contributed by atoms with Crippen molar-refractivity contribution >= 4 is 17.4 Å². The van der Waals surface area contributed by atoms with Crippen LogP contribution in [0.25, 0.3) is 0 Å². The molecule has 3 nitrogen and oxygen atoms in total. The van der Waals surface area contributed by atoms with E-state index < -0.39 is 0 Å². The van der Waals surface area contributed by atoms with E-state index in [2.05, 4.69) is 16.5 Å². The Labute approximate surface area is 102 Å². The number of hydrogen-bond donors (Lipinski definition) is 0. The zero-order valence-corrected chi connectivity index (χ0v) is 11.1. The summed E-state index contributed by atoms with van der Waals surface area (Å²) in [5, 5.41) is 0.537. The number of aryl methyl sites for hydroxylation is 1. The first-order valence-electron chi connectivity index (χ1n) is 5.34. The van der Waals surface area contributed by atoms with E-state index in [0.717, 1.165) is 35.7 Å². The minimum atomic E-state index is 0.537. The molecule has 1 rings (SSSR count). The van der Waals surface area contributed by atoms with Crippen LogP contribution in [0.1, 0.15) is 25.2 Å². The van der Waals surface area contributed by atoms with Crippen LogP contribution in [-0.4, -0.2) is 23.6 Å². The molecule has 0 aromatic carbocycles. The minimum Gasteiger partial charge on any atom is -0.355 e. The normalized spacial score (nSPS) is 10.3. The topological polar surface area (TPSA) is 29.0 Å². The molecule has 0 aliphatic heterocycles. The van der Waals surface area contributed by atoms with Crippen molar-refractivity contribution in [2.24, 2.45) is 0 Å². The smallest absolute Gasteiger partial charge is 0.137 e. The fourth-order valence-corrected chi connectivity index (χ4v) is 1.71. The fraction of sp³-hybridized carbons (Fsp3) is 0.500. The third-order valence-corrected chi connectivity index (χ3v) is 2.66. The van der Waals surface area contributed by atoms with Crippen LogP contribution in [0, 0.1) is 6.92 Å². The van der Waals surface area contributed by atoms with Crippen LogP contribution < -0.4 is 4.90 Å². The van der Waals surface area contributed by atoms with Gasteiger partial charge in [-0.1, -0.05) is 30.7 Å². The maximum atomic E-state index is 6.08. The summed E-state index contributed by atoms with van der Waals surface area (Å²) in [5.41, 5.74) is 2.01. The maximum absolute atomic E-state index is 6.08. The predicted octanol–water partition coefficient (Wildman–Crippen LogP) is 3.01. The average molecular weight is 240 g/mol. The van der Waals surface area contributed by atoms with Gasteiger partial charge in [0.25, 0.3) is 0 Å². The Balaban J connectivity index is 3.10. The average Bonchev–Trinajstić information content (AvgIpc) is 2.20. The molecule has 0 saturated carbocycles. The Kier molecular flexibility index (Phi) is 4.30. The molecule has 16 heavy (non-hydrogen) atoms. The van der Waals surface area contributed by atoms with Crippen molar-refractivity contribution in [3.63, 3.8) is 0 Å². The molecule has 0 saturated heterocycles. The number of aromatic nitrogens is 2. The standard InChI is InChI=1S/C12H18ClN3/c1-6-10-14-11(13)9(4)12(15-10)16(5)7-8(2)3/h2,6-7H2,1,3-5H3. The molecule has 88 valence electrons. The van der Waals surface area contributed by atoms with E-state index in [1.165, 1.54) is 0 Å². The van der Waals surface area contributed by atoms with Gasteiger partial charge in [0, 0.05) is 25.6 Å². The van der Waals surface area contributed by atoms with Gasteiger partial charge in [-0.3, -0.25) is 0 Å². The van der Waals surface area contributed by atoms with Crippen LogP contribution in [0.3, 0.4) is 0 Å². The van der Waals surface area contributed by atoms with Gasteiger partial charge in [0.05, 0.1) is 0 Å². The van der Waals surface area contributed by atoms with Gasteiger partial charge in [-0.05, 0) is 13.8 Å². The van der Waals surface area contributed by atoms with E-state index in [1.807, 2.05) is 32.7 Å². The van der Waals surface area contributed by atoms with Gasteiger partial charge >= 0.3 is 0 Å². The van der Waals surface area contributed by atoms with Crippen LogP contribution in [0.15, 0.2) is 12.2 Å². The molecule has 0 unspecified atom stereocenters. The van der Waals surface area contributed by atoms with Gasteiger partial charge in [-0.2, -0.15) is 0 Å². The van der Waals surface area contributed by atoms with Gasteiger partial charge in [0.1, 0.15) is 16.8 Å². The van der Waals surface area contributed by atoms with E-state index in [1.54, 1.807) is 0 Å². The molecule has 0 aliphatic rings. The number of likely N-dealkylation sites (N-methyl/N-ethyl adjacent to an activating group) is 1. The molecule has 0 atom stereocenters. The Hall–Kier alpha value is -1.09. The summed E-state index contributed by atoms with van der Waals surface area (Å²) >= 11 is 6.08. The molecule has 0 spiro atoms. The van der Waals surface area contributed by atoms with E-state index in [9.17, 15) is 0 Å². The first kappa shape index (κ1) is 13.0. The molecule has 1 aromatic rings. The lowest BCUT2D eigenvalue weighted by molar-refractivity contribution is 0.877. The van der Waals surface area contributed by atoms with Crippen LogP contribution in [0.5, 0.6) is 0 Å². The molecule has 0 aliphatic carbocycles. The molecule has 0 radical (unpaired) electrons. The van der Waals surface area contributed by atoms with Crippen molar-refractivity contribution in [3.05, 3.63) is 28.7 Å². The molecule has 1 heterocycles. The first-order valence-corrected chi connectivity index (χ1v) is 5.72. The number of anilines is 1. The zero-order valence-electron chi connectivity index (χ0n) is 10.3. The monoisotopic (exact) mass is 239 g/mol. The van der Waals surface area contributed by atoms with Crippen LogP contribution in [-0.2, 0) is 6.42 Å². The van der Waals surface area contributed by atoms with Crippen molar-refractivity contribution in [1.82, 2.24) is 9.97 Å². The second kappa shape index (κ2) is 5.30. The second-order valence-electron chi connectivity index (χ2n) is 4.05. The lowest BCUT2D eigenvalue weighted by Crippen LogP contribution is -2.22. The largest absolute Gasteiger partial charge is 0.355 e. The van der Waals surface area contributed by atoms with Gasteiger partial charge in [0.15, 0.2) is 0 Å². The Morgan fingerprint density at radius 2 is 2.06 bits per heavy atom. The highest BCUT2D eigenvalue weighted by Crippen LogP contribution is 2.23. The quantitative estimate of drug-likeness (QED) is 0.598. The SMILES string of the molecule is C=C(C)CN(C)c1nc(CC)nc(Cl)c1C. The minimum absolute atomic E-state index is 0.537. The highest BCUT2D eigenvalue weighted by molar-refractivity contribution is 6.30. The molecule has 1 aromatic heterocycles. The number of nitrogens with zero attached hydrogens (tertiary/aromatic N) is 3. The van der Waals surface area contributed by atoms with Crippen molar-refractivity contribution in [3.8, 4) is 0 Å². The summed E-state index contributed by atoms with van der Waals surface area (Å²) in [7, 11) is 1.99. The van der Waals surface area contributed by atoms with Gasteiger partial charge in [-0.15, -0.1) is 0 Å². The van der Waals surface area contributed by atoms with Crippen LogP contribution >= 0.6 is 11.6 Å². The third kappa shape index (κ3) is 2.95. The molecular weight excluding hydrogens is 222 g/mol. The molecule has 0 fully saturated rings. The highest BCUT2D eigenvalue weighted by Gasteiger charge is 2.12. The predicted molar refractivity (Wildman–Crippen MR) is 69.2 cm³/mol. The Morgan fingerprint density at radius 3 is 2.56 bits per heavy atom. The zero-order chi connectivity index (χ0) is 12.3. The van der Waals surface area contributed by atoms with Gasteiger partial charge < -0.3 is 4.90 Å². The second-order valence-corrected chi connectivity index (χ2v) is 4.40. The highest BCUT2D eigenvalue weighted by atomic mass is 35.5. The van der Waals surface area contributed by atoms with E-state index in [4.69, 9.17) is 11.6 Å². The Morgan fingerprint density at radius 1 is 1.44 bits per heavy atom. The van der Waals surface area contributed by atoms with Gasteiger partial charge in [-0.25, -0.2) is 9.97 Å². The lowest BCUT2D eigenvalue weighted by atomic mass is 10.2. The Bertz CT molecular complexity index is 401. The molecule has 4 heteroatoms. The van der Waals surface area contributed by atoms with Crippen LogP contribution in [0.4, 0.5) is 5.82 Å². The number of rotatable bonds is 4. The fourth-order valence-electron chi connectivity index (χ4n) is 1.53. The molecule has 0 bridgehead atoms. The van der Waals surface area contributed by atoms with E-state index in [0.29, 0.717) is 5.15 Å². The van der Waals surface area contributed by atoms with Crippen molar-refractivity contribution in [1.29, 1.82) is 0 Å². The molecule has 0 N–H and O–H groups in total. The summed E-state index contributed by atoms with van der Waals surface area (Å²) in [6.45, 7) is 10.6. The summed E-state index contributed by atoms with van der Waals surface area (Å²) in [5.74, 6) is 1.67. The van der Waals surface area contributed by atoms with Gasteiger partial charge in [0.2, 0.25) is 0 Å². The maximum Gasteiger partial charge on any atom is 0.137 e. The summed E-state index contributed by atoms with van der Waals surface area (Å²) in [6.07, 6.45) is 0.786. The number of hydrogen-bond acceptors (Lipinski definition) is 3. The lowest BCUT2D eigenvalue weighted by Gasteiger charge is -2.21. The number of halogens is 1. The van der Waals surface area contributed by atoms with Crippen molar-refractivity contribution in [2.45, 2.75) is 27.2 Å². The summed E-state index contributed by atoms with van der Waals surface area (Å²) in [4.78, 5) is 10.8. The summed E-state index contributed by atoms with van der Waals surface area (Å²) < 4.78 is 0. The molecular formula is C12H18ClN3. The summed E-state index contributed by atoms with van der Waals surface area (Å²) in [6, 6.07) is 0. The van der Waals surface area contributed by atoms with E-state index >= 15 is 0 Å². The van der Waals surface area contributed by atoms with Crippen LogP contribution in [0.2, 0.25) is 5.15 Å². The van der Waals surface area contributed by atoms with Crippen molar-refractivity contribution in [2.75, 3.05) is 18.5 Å². The van der Waals surface area contributed by atoms with E-state index in [-0.39, 0.29) is 0 Å². The molecule has 0 amide bonds. The van der Waals surface area contributed by atoms with Crippen molar-refractivity contribution < 1.29 is 0 Å². The first-order chi connectivity index (χ1) is 7.45. The third-order valence-electron chi connectivity index (χ3n) is 2.29.